The van der Waals surface area contributed by atoms with Gasteiger partial charge in [-0.25, -0.2) is 0 Å². The molecular weight excluding hydrogens is 218 g/mol. The van der Waals surface area contributed by atoms with Crippen molar-refractivity contribution in [3.05, 3.63) is 29.8 Å². The van der Waals surface area contributed by atoms with Gasteiger partial charge in [-0.05, 0) is 36.5 Å². The first-order valence-electron chi connectivity index (χ1n) is 5.93. The minimum atomic E-state index is -0.708. The molecule has 1 saturated carbocycles. The van der Waals surface area contributed by atoms with Crippen LogP contribution in [0.1, 0.15) is 31.2 Å². The lowest BCUT2D eigenvalue weighted by Crippen LogP contribution is -2.09. The first-order valence-corrected chi connectivity index (χ1v) is 7.42. The first-order chi connectivity index (χ1) is 7.74. The number of anilines is 1. The summed E-state index contributed by atoms with van der Waals surface area (Å²) in [5, 5.41) is 0. The summed E-state index contributed by atoms with van der Waals surface area (Å²) < 4.78 is 11.9. The molecule has 1 aliphatic rings. The highest BCUT2D eigenvalue weighted by Gasteiger charge is 2.17. The summed E-state index contributed by atoms with van der Waals surface area (Å²) in [6, 6.07) is 7.70. The fourth-order valence-electron chi connectivity index (χ4n) is 2.30. The van der Waals surface area contributed by atoms with Crippen molar-refractivity contribution in [3.8, 4) is 0 Å². The van der Waals surface area contributed by atoms with Gasteiger partial charge >= 0.3 is 0 Å². The van der Waals surface area contributed by atoms with E-state index < -0.39 is 10.8 Å². The highest BCUT2D eigenvalue weighted by atomic mass is 32.2. The van der Waals surface area contributed by atoms with Crippen molar-refractivity contribution in [1.82, 2.24) is 0 Å². The normalized spacial score (nSPS) is 18.8. The van der Waals surface area contributed by atoms with Gasteiger partial charge in [0.05, 0.1) is 0 Å². The molecule has 3 heteroatoms. The smallest absolute Gasteiger partial charge is 0.0485 e. The zero-order chi connectivity index (χ0) is 11.4. The first kappa shape index (κ1) is 11.6. The van der Waals surface area contributed by atoms with E-state index in [1.165, 1.54) is 25.7 Å². The van der Waals surface area contributed by atoms with Crippen LogP contribution in [0, 0.1) is 5.92 Å². The predicted octanol–water partition coefficient (Wildman–Crippen LogP) is 2.71. The zero-order valence-electron chi connectivity index (χ0n) is 9.52. The van der Waals surface area contributed by atoms with E-state index in [0.29, 0.717) is 11.7 Å². The molecule has 1 fully saturated rings. The molecule has 1 aromatic carbocycles. The maximum Gasteiger partial charge on any atom is 0.0485 e. The third kappa shape index (κ3) is 3.34. The summed E-state index contributed by atoms with van der Waals surface area (Å²) in [5.74, 6) is 2.26. The van der Waals surface area contributed by atoms with Crippen molar-refractivity contribution < 1.29 is 4.21 Å². The molecule has 1 aromatic rings. The Morgan fingerprint density at radius 2 is 1.81 bits per heavy atom. The molecule has 0 radical (unpaired) electrons. The van der Waals surface area contributed by atoms with Crippen LogP contribution in [-0.2, 0) is 16.6 Å². The lowest BCUT2D eigenvalue weighted by molar-refractivity contribution is 0.604. The van der Waals surface area contributed by atoms with E-state index in [1.807, 2.05) is 24.3 Å². The van der Waals surface area contributed by atoms with Crippen LogP contribution < -0.4 is 5.73 Å². The molecule has 1 unspecified atom stereocenters. The van der Waals surface area contributed by atoms with E-state index in [1.54, 1.807) is 0 Å². The third-order valence-electron chi connectivity index (χ3n) is 3.20. The molecule has 0 bridgehead atoms. The topological polar surface area (TPSA) is 43.1 Å². The highest BCUT2D eigenvalue weighted by Crippen LogP contribution is 2.25. The molecule has 1 aliphatic carbocycles. The van der Waals surface area contributed by atoms with Crippen LogP contribution in [0.3, 0.4) is 0 Å². The minimum Gasteiger partial charge on any atom is -0.399 e. The Morgan fingerprint density at radius 1 is 1.19 bits per heavy atom. The second kappa shape index (κ2) is 5.48. The van der Waals surface area contributed by atoms with E-state index in [2.05, 4.69) is 0 Å². The highest BCUT2D eigenvalue weighted by molar-refractivity contribution is 7.84. The van der Waals surface area contributed by atoms with Crippen molar-refractivity contribution in [3.63, 3.8) is 0 Å². The van der Waals surface area contributed by atoms with E-state index in [4.69, 9.17) is 5.73 Å². The van der Waals surface area contributed by atoms with Gasteiger partial charge in [0.15, 0.2) is 0 Å². The zero-order valence-corrected chi connectivity index (χ0v) is 10.3. The van der Waals surface area contributed by atoms with E-state index >= 15 is 0 Å². The maximum absolute atomic E-state index is 11.9. The van der Waals surface area contributed by atoms with E-state index in [9.17, 15) is 4.21 Å². The van der Waals surface area contributed by atoms with Crippen LogP contribution >= 0.6 is 0 Å². The lowest BCUT2D eigenvalue weighted by Gasteiger charge is -2.08. The second-order valence-electron chi connectivity index (χ2n) is 4.64. The van der Waals surface area contributed by atoms with Gasteiger partial charge in [0.25, 0.3) is 0 Å². The average Bonchev–Trinajstić information content (AvgIpc) is 2.74. The van der Waals surface area contributed by atoms with Gasteiger partial charge in [0.1, 0.15) is 0 Å². The molecule has 2 rings (SSSR count). The number of nitrogens with two attached hydrogens (primary N) is 1. The van der Waals surface area contributed by atoms with Crippen LogP contribution in [0.2, 0.25) is 0 Å². The number of rotatable bonds is 4. The third-order valence-corrected chi connectivity index (χ3v) is 4.70. The molecule has 0 aromatic heterocycles. The van der Waals surface area contributed by atoms with E-state index in [0.717, 1.165) is 17.0 Å². The van der Waals surface area contributed by atoms with Gasteiger partial charge in [0, 0.05) is 28.0 Å². The molecule has 88 valence electrons. The van der Waals surface area contributed by atoms with Crippen molar-refractivity contribution in [1.29, 1.82) is 0 Å². The van der Waals surface area contributed by atoms with Crippen LogP contribution in [0.25, 0.3) is 0 Å². The summed E-state index contributed by atoms with van der Waals surface area (Å²) in [6.45, 7) is 0. The average molecular weight is 237 g/mol. The Labute approximate surface area is 99.7 Å². The van der Waals surface area contributed by atoms with Crippen LogP contribution in [0.5, 0.6) is 0 Å². The molecule has 0 amide bonds. The number of benzene rings is 1. The molecule has 0 saturated heterocycles. The Hall–Kier alpha value is -0.830. The summed E-state index contributed by atoms with van der Waals surface area (Å²) in [5.41, 5.74) is 7.51. The fraction of sp³-hybridized carbons (Fsp3) is 0.538. The molecule has 1 atom stereocenters. The van der Waals surface area contributed by atoms with Gasteiger partial charge in [-0.1, -0.05) is 25.0 Å². The summed E-state index contributed by atoms with van der Waals surface area (Å²) >= 11 is 0. The van der Waals surface area contributed by atoms with Crippen molar-refractivity contribution in [2.75, 3.05) is 11.5 Å². The molecule has 0 spiro atoms. The molecule has 0 aliphatic heterocycles. The number of hydrogen-bond acceptors (Lipinski definition) is 2. The van der Waals surface area contributed by atoms with Crippen molar-refractivity contribution in [2.45, 2.75) is 31.4 Å². The maximum atomic E-state index is 11.9. The van der Waals surface area contributed by atoms with Crippen LogP contribution in [0.4, 0.5) is 5.69 Å². The molecule has 2 N–H and O–H groups in total. The van der Waals surface area contributed by atoms with Crippen LogP contribution in [0.15, 0.2) is 24.3 Å². The van der Waals surface area contributed by atoms with Crippen LogP contribution in [-0.4, -0.2) is 9.96 Å². The quantitative estimate of drug-likeness (QED) is 0.818. The van der Waals surface area contributed by atoms with Crippen molar-refractivity contribution >= 4 is 16.5 Å². The fourth-order valence-corrected chi connectivity index (χ4v) is 3.84. The molecular formula is C13H19NOS. The molecule has 0 heterocycles. The Balaban J connectivity index is 1.84. The van der Waals surface area contributed by atoms with Gasteiger partial charge in [-0.2, -0.15) is 0 Å². The standard InChI is InChI=1S/C13H19NOS/c14-13-7-5-12(6-8-13)10-16(15)9-11-3-1-2-4-11/h5-8,11H,1-4,9-10,14H2. The van der Waals surface area contributed by atoms with Gasteiger partial charge in [-0.15, -0.1) is 0 Å². The lowest BCUT2D eigenvalue weighted by atomic mass is 10.1. The molecule has 2 nitrogen and oxygen atoms in total. The SMILES string of the molecule is Nc1ccc(CS(=O)CC2CCCC2)cc1. The van der Waals surface area contributed by atoms with E-state index in [-0.39, 0.29) is 0 Å². The summed E-state index contributed by atoms with van der Waals surface area (Å²) in [7, 11) is -0.708. The Bertz CT molecular complexity index is 355. The number of hydrogen-bond donors (Lipinski definition) is 1. The second-order valence-corrected chi connectivity index (χ2v) is 6.14. The largest absolute Gasteiger partial charge is 0.399 e. The molecule has 16 heavy (non-hydrogen) atoms. The monoisotopic (exact) mass is 237 g/mol. The Kier molecular flexibility index (Phi) is 3.99. The van der Waals surface area contributed by atoms with Gasteiger partial charge < -0.3 is 5.73 Å². The Morgan fingerprint density at radius 3 is 2.44 bits per heavy atom. The van der Waals surface area contributed by atoms with Gasteiger partial charge in [-0.3, -0.25) is 4.21 Å². The van der Waals surface area contributed by atoms with Crippen molar-refractivity contribution in [2.24, 2.45) is 5.92 Å². The van der Waals surface area contributed by atoms with Gasteiger partial charge in [0.2, 0.25) is 0 Å². The number of nitrogen functional groups attached to an aromatic ring is 1. The minimum absolute atomic E-state index is 0.677. The summed E-state index contributed by atoms with van der Waals surface area (Å²) in [6.07, 6.45) is 5.19. The summed E-state index contributed by atoms with van der Waals surface area (Å²) in [4.78, 5) is 0. The predicted molar refractivity (Wildman–Crippen MR) is 69.5 cm³/mol.